The second kappa shape index (κ2) is 5.14. The summed E-state index contributed by atoms with van der Waals surface area (Å²) in [5, 5.41) is 17.5. The van der Waals surface area contributed by atoms with Crippen LogP contribution < -0.4 is 0 Å². The van der Waals surface area contributed by atoms with Gasteiger partial charge >= 0.3 is 0 Å². The number of aliphatic imine (C=N–C) groups is 1. The van der Waals surface area contributed by atoms with Gasteiger partial charge in [-0.15, -0.1) is 0 Å². The normalized spacial score (nSPS) is 18.3. The summed E-state index contributed by atoms with van der Waals surface area (Å²) in [6, 6.07) is 0. The molecule has 3 heteroatoms. The average Bonchev–Trinajstić information content (AvgIpc) is 2.61. The van der Waals surface area contributed by atoms with Gasteiger partial charge < -0.3 is 10.2 Å². The first-order valence-electron chi connectivity index (χ1n) is 4.77. The molecule has 0 bridgehead atoms. The molecule has 1 aliphatic rings. The predicted octanol–water partition coefficient (Wildman–Crippen LogP) is 1.12. The maximum Gasteiger partial charge on any atom is 0.0431 e. The van der Waals surface area contributed by atoms with Crippen LogP contribution in [0.25, 0.3) is 0 Å². The maximum atomic E-state index is 8.75. The first kappa shape index (κ1) is 10.4. The first-order chi connectivity index (χ1) is 6.33. The molecule has 1 heterocycles. The highest BCUT2D eigenvalue weighted by atomic mass is 16.3. The van der Waals surface area contributed by atoms with Gasteiger partial charge in [-0.3, -0.25) is 4.99 Å². The summed E-state index contributed by atoms with van der Waals surface area (Å²) in [6.45, 7) is 0.450. The average molecular weight is 183 g/mol. The lowest BCUT2D eigenvalue weighted by atomic mass is 9.81. The SMILES string of the molecule is OCCCC1(CCCO)C=CN=C1. The molecule has 0 unspecified atom stereocenters. The van der Waals surface area contributed by atoms with Gasteiger partial charge in [0.15, 0.2) is 0 Å². The van der Waals surface area contributed by atoms with E-state index >= 15 is 0 Å². The van der Waals surface area contributed by atoms with Crippen LogP contribution in [-0.2, 0) is 0 Å². The summed E-state index contributed by atoms with van der Waals surface area (Å²) in [6.07, 6.45) is 9.22. The first-order valence-corrected chi connectivity index (χ1v) is 4.77. The topological polar surface area (TPSA) is 52.8 Å². The Labute approximate surface area is 78.8 Å². The maximum absolute atomic E-state index is 8.75. The number of rotatable bonds is 6. The largest absolute Gasteiger partial charge is 0.396 e. The monoisotopic (exact) mass is 183 g/mol. The fraction of sp³-hybridized carbons (Fsp3) is 0.700. The molecule has 0 fully saturated rings. The molecule has 0 aromatic carbocycles. The lowest BCUT2D eigenvalue weighted by Crippen LogP contribution is -2.19. The third-order valence-corrected chi connectivity index (χ3v) is 2.42. The van der Waals surface area contributed by atoms with Crippen molar-refractivity contribution >= 4 is 6.21 Å². The molecule has 0 saturated heterocycles. The Morgan fingerprint density at radius 3 is 2.08 bits per heavy atom. The standard InChI is InChI=1S/C10H17NO2/c12-7-1-3-10(4-2-8-13)5-6-11-9-10/h5-6,9,12-13H,1-4,7-8H2. The van der Waals surface area contributed by atoms with Gasteiger partial charge in [-0.1, -0.05) is 6.08 Å². The second-order valence-corrected chi connectivity index (χ2v) is 3.48. The minimum Gasteiger partial charge on any atom is -0.396 e. The molecular formula is C10H17NO2. The Morgan fingerprint density at radius 2 is 1.69 bits per heavy atom. The minimum atomic E-state index is 0.00542. The van der Waals surface area contributed by atoms with Crippen LogP contribution in [0.4, 0.5) is 0 Å². The van der Waals surface area contributed by atoms with Gasteiger partial charge in [-0.2, -0.15) is 0 Å². The second-order valence-electron chi connectivity index (χ2n) is 3.48. The van der Waals surface area contributed by atoms with Crippen molar-refractivity contribution in [2.24, 2.45) is 10.4 Å². The Hall–Kier alpha value is -0.670. The van der Waals surface area contributed by atoms with Gasteiger partial charge in [0.25, 0.3) is 0 Å². The molecule has 74 valence electrons. The van der Waals surface area contributed by atoms with Crippen LogP contribution in [0, 0.1) is 5.41 Å². The summed E-state index contributed by atoms with van der Waals surface area (Å²) in [7, 11) is 0. The summed E-state index contributed by atoms with van der Waals surface area (Å²) in [5.74, 6) is 0. The molecule has 0 aromatic rings. The number of aliphatic hydroxyl groups is 2. The highest BCUT2D eigenvalue weighted by molar-refractivity contribution is 5.72. The molecule has 0 aromatic heterocycles. The molecule has 13 heavy (non-hydrogen) atoms. The van der Waals surface area contributed by atoms with Crippen molar-refractivity contribution in [3.05, 3.63) is 12.3 Å². The number of hydrogen-bond donors (Lipinski definition) is 2. The van der Waals surface area contributed by atoms with E-state index in [1.165, 1.54) is 0 Å². The third kappa shape index (κ3) is 2.94. The van der Waals surface area contributed by atoms with E-state index in [9.17, 15) is 0 Å². The van der Waals surface area contributed by atoms with Crippen LogP contribution in [0.15, 0.2) is 17.3 Å². The van der Waals surface area contributed by atoms with E-state index in [0.29, 0.717) is 0 Å². The van der Waals surface area contributed by atoms with Crippen molar-refractivity contribution in [1.82, 2.24) is 0 Å². The zero-order valence-corrected chi connectivity index (χ0v) is 7.82. The molecule has 3 nitrogen and oxygen atoms in total. The Kier molecular flexibility index (Phi) is 4.12. The van der Waals surface area contributed by atoms with Crippen molar-refractivity contribution in [3.63, 3.8) is 0 Å². The van der Waals surface area contributed by atoms with Crippen LogP contribution in [0.3, 0.4) is 0 Å². The number of nitrogens with zero attached hydrogens (tertiary/aromatic N) is 1. The summed E-state index contributed by atoms with van der Waals surface area (Å²) >= 11 is 0. The molecule has 0 atom stereocenters. The summed E-state index contributed by atoms with van der Waals surface area (Å²) in [4.78, 5) is 4.07. The van der Waals surface area contributed by atoms with Crippen molar-refractivity contribution in [2.45, 2.75) is 25.7 Å². The van der Waals surface area contributed by atoms with E-state index in [-0.39, 0.29) is 18.6 Å². The van der Waals surface area contributed by atoms with Crippen LogP contribution in [-0.4, -0.2) is 29.6 Å². The van der Waals surface area contributed by atoms with Gasteiger partial charge in [-0.05, 0) is 25.7 Å². The molecular weight excluding hydrogens is 166 g/mol. The smallest absolute Gasteiger partial charge is 0.0431 e. The van der Waals surface area contributed by atoms with Gasteiger partial charge in [-0.25, -0.2) is 0 Å². The fourth-order valence-electron chi connectivity index (χ4n) is 1.66. The Morgan fingerprint density at radius 1 is 1.08 bits per heavy atom. The molecule has 0 amide bonds. The zero-order valence-electron chi connectivity index (χ0n) is 7.82. The van der Waals surface area contributed by atoms with Crippen LogP contribution in [0.2, 0.25) is 0 Å². The number of allylic oxidation sites excluding steroid dienone is 1. The molecule has 1 rings (SSSR count). The lowest BCUT2D eigenvalue weighted by molar-refractivity contribution is 0.248. The Balaban J connectivity index is 2.44. The summed E-state index contributed by atoms with van der Waals surface area (Å²) < 4.78 is 0. The Bertz CT molecular complexity index is 177. The lowest BCUT2D eigenvalue weighted by Gasteiger charge is -2.22. The molecule has 0 spiro atoms. The van der Waals surface area contributed by atoms with Crippen LogP contribution >= 0.6 is 0 Å². The quantitative estimate of drug-likeness (QED) is 0.648. The van der Waals surface area contributed by atoms with Gasteiger partial charge in [0.2, 0.25) is 0 Å². The van der Waals surface area contributed by atoms with E-state index in [2.05, 4.69) is 11.1 Å². The number of hydrogen-bond acceptors (Lipinski definition) is 3. The van der Waals surface area contributed by atoms with Crippen molar-refractivity contribution in [1.29, 1.82) is 0 Å². The highest BCUT2D eigenvalue weighted by Crippen LogP contribution is 2.32. The summed E-state index contributed by atoms with van der Waals surface area (Å²) in [5.41, 5.74) is 0.00542. The van der Waals surface area contributed by atoms with Crippen molar-refractivity contribution < 1.29 is 10.2 Å². The van der Waals surface area contributed by atoms with Crippen molar-refractivity contribution in [3.8, 4) is 0 Å². The van der Waals surface area contributed by atoms with E-state index < -0.39 is 0 Å². The predicted molar refractivity (Wildman–Crippen MR) is 52.7 cm³/mol. The molecule has 0 radical (unpaired) electrons. The molecule has 0 saturated carbocycles. The molecule has 1 aliphatic heterocycles. The molecule has 0 aliphatic carbocycles. The van der Waals surface area contributed by atoms with E-state index in [1.807, 2.05) is 6.21 Å². The van der Waals surface area contributed by atoms with Crippen LogP contribution in [0.5, 0.6) is 0 Å². The minimum absolute atomic E-state index is 0.00542. The van der Waals surface area contributed by atoms with Crippen molar-refractivity contribution in [2.75, 3.05) is 13.2 Å². The van der Waals surface area contributed by atoms with Gasteiger partial charge in [0.1, 0.15) is 0 Å². The van der Waals surface area contributed by atoms with E-state index in [4.69, 9.17) is 10.2 Å². The highest BCUT2D eigenvalue weighted by Gasteiger charge is 2.25. The third-order valence-electron chi connectivity index (χ3n) is 2.42. The zero-order chi connectivity index (χ0) is 9.57. The van der Waals surface area contributed by atoms with Gasteiger partial charge in [0.05, 0.1) is 0 Å². The fourth-order valence-corrected chi connectivity index (χ4v) is 1.66. The van der Waals surface area contributed by atoms with E-state index in [0.717, 1.165) is 25.7 Å². The van der Waals surface area contributed by atoms with E-state index in [1.54, 1.807) is 6.20 Å². The van der Waals surface area contributed by atoms with Gasteiger partial charge in [0, 0.05) is 31.0 Å². The van der Waals surface area contributed by atoms with Crippen LogP contribution in [0.1, 0.15) is 25.7 Å². The number of aliphatic hydroxyl groups excluding tert-OH is 2. The molecule has 2 N–H and O–H groups in total.